The molecule has 0 aromatic heterocycles. The molecule has 14 heavy (non-hydrogen) atoms. The SMILES string of the molecule is COC1CC(C)(/C=C/N)OCC1(C)C. The Hall–Kier alpha value is -0.540. The van der Waals surface area contributed by atoms with Crippen molar-refractivity contribution in [3.63, 3.8) is 0 Å². The van der Waals surface area contributed by atoms with Crippen LogP contribution in [0.1, 0.15) is 27.2 Å². The van der Waals surface area contributed by atoms with E-state index in [0.29, 0.717) is 6.61 Å². The molecule has 1 saturated heterocycles. The maximum Gasteiger partial charge on any atom is 0.0876 e. The first-order valence-electron chi connectivity index (χ1n) is 5.00. The van der Waals surface area contributed by atoms with Crippen LogP contribution in [0.2, 0.25) is 0 Å². The monoisotopic (exact) mass is 199 g/mol. The normalized spacial score (nSPS) is 37.6. The van der Waals surface area contributed by atoms with Crippen molar-refractivity contribution in [3.8, 4) is 0 Å². The van der Waals surface area contributed by atoms with E-state index in [1.165, 1.54) is 0 Å². The van der Waals surface area contributed by atoms with Crippen LogP contribution in [0.25, 0.3) is 0 Å². The van der Waals surface area contributed by atoms with Gasteiger partial charge in [0.05, 0.1) is 18.3 Å². The summed E-state index contributed by atoms with van der Waals surface area (Å²) < 4.78 is 11.3. The number of rotatable bonds is 2. The van der Waals surface area contributed by atoms with Crippen LogP contribution in [0.15, 0.2) is 12.3 Å². The predicted octanol–water partition coefficient (Wildman–Crippen LogP) is 1.68. The summed E-state index contributed by atoms with van der Waals surface area (Å²) in [4.78, 5) is 0. The largest absolute Gasteiger partial charge is 0.405 e. The van der Waals surface area contributed by atoms with Crippen molar-refractivity contribution in [1.82, 2.24) is 0 Å². The van der Waals surface area contributed by atoms with E-state index in [1.807, 2.05) is 13.0 Å². The van der Waals surface area contributed by atoms with Gasteiger partial charge in [0.15, 0.2) is 0 Å². The Labute approximate surface area is 86.3 Å². The molecule has 82 valence electrons. The lowest BCUT2D eigenvalue weighted by atomic mass is 9.78. The van der Waals surface area contributed by atoms with Crippen molar-refractivity contribution in [2.24, 2.45) is 11.1 Å². The van der Waals surface area contributed by atoms with Gasteiger partial charge in [-0.3, -0.25) is 0 Å². The molecule has 0 aliphatic carbocycles. The Bertz CT molecular complexity index is 225. The topological polar surface area (TPSA) is 44.5 Å². The number of methoxy groups -OCH3 is 1. The second-order valence-electron chi connectivity index (χ2n) is 4.88. The van der Waals surface area contributed by atoms with Crippen LogP contribution in [-0.4, -0.2) is 25.4 Å². The molecule has 2 atom stereocenters. The minimum absolute atomic E-state index is 0.0801. The molecular weight excluding hydrogens is 178 g/mol. The van der Waals surface area contributed by atoms with E-state index >= 15 is 0 Å². The summed E-state index contributed by atoms with van der Waals surface area (Å²) in [7, 11) is 1.75. The molecular formula is C11H21NO2. The molecule has 3 heteroatoms. The Balaban J connectivity index is 2.75. The number of nitrogens with two attached hydrogens (primary N) is 1. The Morgan fingerprint density at radius 2 is 2.07 bits per heavy atom. The van der Waals surface area contributed by atoms with Crippen LogP contribution in [-0.2, 0) is 9.47 Å². The van der Waals surface area contributed by atoms with Crippen LogP contribution in [0, 0.1) is 5.41 Å². The fourth-order valence-corrected chi connectivity index (χ4v) is 1.87. The van der Waals surface area contributed by atoms with Gasteiger partial charge in [0, 0.05) is 18.9 Å². The molecule has 1 rings (SSSR count). The third-order valence-electron chi connectivity index (χ3n) is 2.97. The molecule has 3 nitrogen and oxygen atoms in total. The highest BCUT2D eigenvalue weighted by molar-refractivity contribution is 5.04. The molecule has 1 aliphatic rings. The maximum atomic E-state index is 5.81. The predicted molar refractivity (Wildman–Crippen MR) is 56.9 cm³/mol. The molecule has 2 unspecified atom stereocenters. The Kier molecular flexibility index (Phi) is 3.22. The van der Waals surface area contributed by atoms with Crippen molar-refractivity contribution in [2.75, 3.05) is 13.7 Å². The third-order valence-corrected chi connectivity index (χ3v) is 2.97. The van der Waals surface area contributed by atoms with E-state index in [9.17, 15) is 0 Å². The fraction of sp³-hybridized carbons (Fsp3) is 0.818. The number of hydrogen-bond acceptors (Lipinski definition) is 3. The van der Waals surface area contributed by atoms with Gasteiger partial charge in [0.2, 0.25) is 0 Å². The highest BCUT2D eigenvalue weighted by atomic mass is 16.5. The van der Waals surface area contributed by atoms with Gasteiger partial charge >= 0.3 is 0 Å². The zero-order valence-corrected chi connectivity index (χ0v) is 9.54. The average Bonchev–Trinajstić information content (AvgIpc) is 2.11. The standard InChI is InChI=1S/C11H21NO2/c1-10(2)8-14-11(3,5-6-12)7-9(10)13-4/h5-6,9H,7-8,12H2,1-4H3/b6-5+. The average molecular weight is 199 g/mol. The zero-order chi connectivity index (χ0) is 10.8. The van der Waals surface area contributed by atoms with Crippen LogP contribution in [0.5, 0.6) is 0 Å². The Morgan fingerprint density at radius 1 is 1.43 bits per heavy atom. The van der Waals surface area contributed by atoms with Crippen molar-refractivity contribution < 1.29 is 9.47 Å². The summed E-state index contributed by atoms with van der Waals surface area (Å²) in [6, 6.07) is 0. The van der Waals surface area contributed by atoms with Crippen LogP contribution < -0.4 is 5.73 Å². The molecule has 1 fully saturated rings. The second kappa shape index (κ2) is 3.91. The van der Waals surface area contributed by atoms with Crippen molar-refractivity contribution >= 4 is 0 Å². The van der Waals surface area contributed by atoms with Gasteiger partial charge in [-0.2, -0.15) is 0 Å². The molecule has 2 N–H and O–H groups in total. The summed E-state index contributed by atoms with van der Waals surface area (Å²) in [6.07, 6.45) is 4.51. The summed E-state index contributed by atoms with van der Waals surface area (Å²) in [5.41, 5.74) is 5.20. The fourth-order valence-electron chi connectivity index (χ4n) is 1.87. The summed E-state index contributed by atoms with van der Waals surface area (Å²) in [6.45, 7) is 7.06. The molecule has 0 saturated carbocycles. The molecule has 0 aromatic carbocycles. The molecule has 1 heterocycles. The van der Waals surface area contributed by atoms with Gasteiger partial charge in [-0.1, -0.05) is 13.8 Å². The highest BCUT2D eigenvalue weighted by Crippen LogP contribution is 2.38. The van der Waals surface area contributed by atoms with E-state index in [1.54, 1.807) is 13.3 Å². The molecule has 0 amide bonds. The third kappa shape index (κ3) is 2.28. The van der Waals surface area contributed by atoms with Crippen LogP contribution in [0.3, 0.4) is 0 Å². The quantitative estimate of drug-likeness (QED) is 0.736. The smallest absolute Gasteiger partial charge is 0.0876 e. The van der Waals surface area contributed by atoms with Crippen molar-refractivity contribution in [2.45, 2.75) is 38.9 Å². The molecule has 1 aliphatic heterocycles. The van der Waals surface area contributed by atoms with Gasteiger partial charge in [0.25, 0.3) is 0 Å². The zero-order valence-electron chi connectivity index (χ0n) is 9.54. The van der Waals surface area contributed by atoms with E-state index in [0.717, 1.165) is 6.42 Å². The van der Waals surface area contributed by atoms with E-state index in [4.69, 9.17) is 15.2 Å². The van der Waals surface area contributed by atoms with Crippen LogP contribution in [0.4, 0.5) is 0 Å². The number of ether oxygens (including phenoxy) is 2. The van der Waals surface area contributed by atoms with Crippen LogP contribution >= 0.6 is 0 Å². The summed E-state index contributed by atoms with van der Waals surface area (Å²) in [5.74, 6) is 0. The first-order chi connectivity index (χ1) is 6.43. The number of hydrogen-bond donors (Lipinski definition) is 1. The molecule has 0 spiro atoms. The Morgan fingerprint density at radius 3 is 2.57 bits per heavy atom. The highest BCUT2D eigenvalue weighted by Gasteiger charge is 2.42. The maximum absolute atomic E-state index is 5.81. The van der Waals surface area contributed by atoms with Crippen molar-refractivity contribution in [1.29, 1.82) is 0 Å². The summed E-state index contributed by atoms with van der Waals surface area (Å²) in [5, 5.41) is 0. The first kappa shape index (κ1) is 11.5. The van der Waals surface area contributed by atoms with E-state index in [-0.39, 0.29) is 17.1 Å². The first-order valence-corrected chi connectivity index (χ1v) is 5.00. The lowest BCUT2D eigenvalue weighted by molar-refractivity contribution is -0.158. The minimum atomic E-state index is -0.273. The van der Waals surface area contributed by atoms with Crippen molar-refractivity contribution in [3.05, 3.63) is 12.3 Å². The van der Waals surface area contributed by atoms with E-state index in [2.05, 4.69) is 13.8 Å². The lowest BCUT2D eigenvalue weighted by Crippen LogP contribution is -2.49. The van der Waals surface area contributed by atoms with Gasteiger partial charge < -0.3 is 15.2 Å². The molecule has 0 bridgehead atoms. The molecule has 0 aromatic rings. The lowest BCUT2D eigenvalue weighted by Gasteiger charge is -2.45. The second-order valence-corrected chi connectivity index (χ2v) is 4.88. The molecule has 0 radical (unpaired) electrons. The van der Waals surface area contributed by atoms with Gasteiger partial charge in [-0.15, -0.1) is 0 Å². The summed E-state index contributed by atoms with van der Waals surface area (Å²) >= 11 is 0. The van der Waals surface area contributed by atoms with Gasteiger partial charge in [-0.25, -0.2) is 0 Å². The van der Waals surface area contributed by atoms with Gasteiger partial charge in [0.1, 0.15) is 0 Å². The van der Waals surface area contributed by atoms with E-state index < -0.39 is 0 Å². The minimum Gasteiger partial charge on any atom is -0.405 e. The van der Waals surface area contributed by atoms with Gasteiger partial charge in [-0.05, 0) is 19.2 Å².